The van der Waals surface area contributed by atoms with E-state index in [-0.39, 0.29) is 17.1 Å². The van der Waals surface area contributed by atoms with Crippen molar-refractivity contribution in [2.24, 2.45) is 4.99 Å². The van der Waals surface area contributed by atoms with E-state index < -0.39 is 5.97 Å². The van der Waals surface area contributed by atoms with Crippen molar-refractivity contribution in [1.29, 1.82) is 0 Å². The van der Waals surface area contributed by atoms with Gasteiger partial charge in [-0.15, -0.1) is 0 Å². The maximum atomic E-state index is 12.5. The van der Waals surface area contributed by atoms with E-state index in [1.807, 2.05) is 0 Å². The van der Waals surface area contributed by atoms with Crippen molar-refractivity contribution >= 4 is 28.9 Å². The van der Waals surface area contributed by atoms with Crippen LogP contribution < -0.4 is 0 Å². The SMILES string of the molecule is CCOC(=O)c1ccc(N=C(C)C2=C(O)c3ccccc3C2=O)cc1. The van der Waals surface area contributed by atoms with Gasteiger partial charge in [-0.1, -0.05) is 24.3 Å². The first-order chi connectivity index (χ1) is 12.0. The number of nitrogens with zero attached hydrogens (tertiary/aromatic N) is 1. The zero-order valence-corrected chi connectivity index (χ0v) is 13.9. The number of hydrogen-bond donors (Lipinski definition) is 1. The highest BCUT2D eigenvalue weighted by atomic mass is 16.5. The smallest absolute Gasteiger partial charge is 0.338 e. The largest absolute Gasteiger partial charge is 0.506 e. The van der Waals surface area contributed by atoms with Crippen LogP contribution in [0.5, 0.6) is 0 Å². The summed E-state index contributed by atoms with van der Waals surface area (Å²) in [6, 6.07) is 13.5. The first kappa shape index (κ1) is 16.6. The number of esters is 1. The Morgan fingerprint density at radius 3 is 2.32 bits per heavy atom. The molecule has 0 aliphatic heterocycles. The van der Waals surface area contributed by atoms with Crippen LogP contribution in [0.4, 0.5) is 5.69 Å². The van der Waals surface area contributed by atoms with Crippen LogP contribution in [0.2, 0.25) is 0 Å². The number of aliphatic hydroxyl groups excluding tert-OH is 1. The fourth-order valence-electron chi connectivity index (χ4n) is 2.74. The molecule has 0 aromatic heterocycles. The molecular formula is C20H17NO4. The van der Waals surface area contributed by atoms with Gasteiger partial charge in [-0.3, -0.25) is 9.79 Å². The predicted octanol–water partition coefficient (Wildman–Crippen LogP) is 4.12. The fourth-order valence-corrected chi connectivity index (χ4v) is 2.74. The molecular weight excluding hydrogens is 318 g/mol. The lowest BCUT2D eigenvalue weighted by atomic mass is 10.1. The number of hydrogen-bond acceptors (Lipinski definition) is 5. The number of ketones is 1. The number of aliphatic imine (C=N–C) groups is 1. The van der Waals surface area contributed by atoms with Gasteiger partial charge in [0.25, 0.3) is 0 Å². The van der Waals surface area contributed by atoms with Crippen molar-refractivity contribution in [1.82, 2.24) is 0 Å². The summed E-state index contributed by atoms with van der Waals surface area (Å²) in [6.07, 6.45) is 0. The summed E-state index contributed by atoms with van der Waals surface area (Å²) in [6.45, 7) is 3.74. The molecule has 0 unspecified atom stereocenters. The van der Waals surface area contributed by atoms with Gasteiger partial charge in [0, 0.05) is 11.1 Å². The number of fused-ring (bicyclic) bond motifs is 1. The van der Waals surface area contributed by atoms with E-state index in [0.29, 0.717) is 34.7 Å². The number of aliphatic hydroxyl groups is 1. The van der Waals surface area contributed by atoms with E-state index in [0.717, 1.165) is 0 Å². The van der Waals surface area contributed by atoms with Crippen LogP contribution in [0.1, 0.15) is 40.1 Å². The maximum Gasteiger partial charge on any atom is 0.338 e. The Balaban J connectivity index is 1.89. The number of benzene rings is 2. The quantitative estimate of drug-likeness (QED) is 0.673. The summed E-state index contributed by atoms with van der Waals surface area (Å²) in [7, 11) is 0. The van der Waals surface area contributed by atoms with E-state index >= 15 is 0 Å². The second-order valence-electron chi connectivity index (χ2n) is 5.56. The summed E-state index contributed by atoms with van der Waals surface area (Å²) in [5.74, 6) is -0.681. The minimum absolute atomic E-state index is 0.0509. The molecule has 1 aliphatic carbocycles. The normalized spacial score (nSPS) is 13.8. The molecule has 3 rings (SSSR count). The Labute approximate surface area is 145 Å². The standard InChI is InChI=1S/C20H17NO4/c1-3-25-20(24)13-8-10-14(11-9-13)21-12(2)17-18(22)15-6-4-5-7-16(15)19(17)23/h4-11,22H,3H2,1-2H3. The summed E-state index contributed by atoms with van der Waals surface area (Å²) in [4.78, 5) is 28.5. The number of carbonyl (C=O) groups is 2. The Hall–Kier alpha value is -3.21. The Morgan fingerprint density at radius 1 is 1.08 bits per heavy atom. The predicted molar refractivity (Wildman–Crippen MR) is 95.5 cm³/mol. The van der Waals surface area contributed by atoms with Crippen LogP contribution in [0.3, 0.4) is 0 Å². The molecule has 5 nitrogen and oxygen atoms in total. The summed E-state index contributed by atoms with van der Waals surface area (Å²) in [5.41, 5.74) is 2.63. The average Bonchev–Trinajstić information content (AvgIpc) is 2.87. The van der Waals surface area contributed by atoms with Crippen LogP contribution in [0.25, 0.3) is 5.76 Å². The van der Waals surface area contributed by atoms with Crippen molar-refractivity contribution in [3.05, 3.63) is 70.8 Å². The van der Waals surface area contributed by atoms with Gasteiger partial charge < -0.3 is 9.84 Å². The third kappa shape index (κ3) is 3.08. The summed E-state index contributed by atoms with van der Waals surface area (Å²) in [5, 5.41) is 10.4. The molecule has 1 N–H and O–H groups in total. The van der Waals surface area contributed by atoms with E-state index in [2.05, 4.69) is 4.99 Å². The molecule has 0 atom stereocenters. The number of Topliss-reactive ketones (excluding diaryl/α,β-unsaturated/α-hetero) is 1. The van der Waals surface area contributed by atoms with Gasteiger partial charge >= 0.3 is 5.97 Å². The Kier molecular flexibility index (Phi) is 4.48. The fraction of sp³-hybridized carbons (Fsp3) is 0.150. The number of ether oxygens (including phenoxy) is 1. The average molecular weight is 335 g/mol. The van der Waals surface area contributed by atoms with Crippen molar-refractivity contribution in [3.63, 3.8) is 0 Å². The first-order valence-corrected chi connectivity index (χ1v) is 7.93. The highest BCUT2D eigenvalue weighted by molar-refractivity contribution is 6.35. The highest BCUT2D eigenvalue weighted by Crippen LogP contribution is 2.32. The molecule has 2 aromatic carbocycles. The van der Waals surface area contributed by atoms with Gasteiger partial charge in [-0.25, -0.2) is 4.79 Å². The van der Waals surface area contributed by atoms with Gasteiger partial charge in [0.1, 0.15) is 5.76 Å². The molecule has 1 aliphatic rings. The Morgan fingerprint density at radius 2 is 1.72 bits per heavy atom. The maximum absolute atomic E-state index is 12.5. The van der Waals surface area contributed by atoms with E-state index in [1.165, 1.54) is 0 Å². The third-order valence-corrected chi connectivity index (χ3v) is 3.93. The molecule has 0 saturated heterocycles. The molecule has 2 aromatic rings. The van der Waals surface area contributed by atoms with Crippen LogP contribution in [0, 0.1) is 0 Å². The number of allylic oxidation sites excluding steroid dienone is 1. The lowest BCUT2D eigenvalue weighted by Crippen LogP contribution is -2.07. The number of rotatable bonds is 4. The highest BCUT2D eigenvalue weighted by Gasteiger charge is 2.30. The van der Waals surface area contributed by atoms with Crippen molar-refractivity contribution in [3.8, 4) is 0 Å². The van der Waals surface area contributed by atoms with Crippen LogP contribution in [-0.4, -0.2) is 29.2 Å². The molecule has 0 fully saturated rings. The summed E-state index contributed by atoms with van der Waals surface area (Å²) < 4.78 is 4.93. The zero-order chi connectivity index (χ0) is 18.0. The molecule has 0 bridgehead atoms. The lowest BCUT2D eigenvalue weighted by Gasteiger charge is -2.04. The van der Waals surface area contributed by atoms with Crippen LogP contribution in [0.15, 0.2) is 59.1 Å². The first-order valence-electron chi connectivity index (χ1n) is 7.93. The second-order valence-corrected chi connectivity index (χ2v) is 5.56. The molecule has 0 heterocycles. The molecule has 5 heteroatoms. The van der Waals surface area contributed by atoms with Gasteiger partial charge in [-0.2, -0.15) is 0 Å². The second kappa shape index (κ2) is 6.73. The minimum atomic E-state index is -0.392. The van der Waals surface area contributed by atoms with Crippen molar-refractivity contribution < 1.29 is 19.4 Å². The van der Waals surface area contributed by atoms with Gasteiger partial charge in [0.2, 0.25) is 0 Å². The van der Waals surface area contributed by atoms with Gasteiger partial charge in [0.15, 0.2) is 5.78 Å². The van der Waals surface area contributed by atoms with Crippen molar-refractivity contribution in [2.45, 2.75) is 13.8 Å². The van der Waals surface area contributed by atoms with Crippen molar-refractivity contribution in [2.75, 3.05) is 6.61 Å². The van der Waals surface area contributed by atoms with Gasteiger partial charge in [-0.05, 0) is 38.1 Å². The van der Waals surface area contributed by atoms with E-state index in [9.17, 15) is 14.7 Å². The number of carbonyl (C=O) groups excluding carboxylic acids is 2. The van der Waals surface area contributed by atoms with Crippen LogP contribution in [-0.2, 0) is 4.74 Å². The molecule has 25 heavy (non-hydrogen) atoms. The molecule has 0 saturated carbocycles. The molecule has 126 valence electrons. The van der Waals surface area contributed by atoms with Crippen LogP contribution >= 0.6 is 0 Å². The lowest BCUT2D eigenvalue weighted by molar-refractivity contribution is 0.0526. The molecule has 0 spiro atoms. The summed E-state index contributed by atoms with van der Waals surface area (Å²) >= 11 is 0. The van der Waals surface area contributed by atoms with Gasteiger partial charge in [0.05, 0.1) is 29.1 Å². The van der Waals surface area contributed by atoms with E-state index in [1.54, 1.807) is 62.4 Å². The monoisotopic (exact) mass is 335 g/mol. The minimum Gasteiger partial charge on any atom is -0.506 e. The Bertz CT molecular complexity index is 908. The molecule has 0 radical (unpaired) electrons. The topological polar surface area (TPSA) is 76.0 Å². The third-order valence-electron chi connectivity index (χ3n) is 3.93. The molecule has 0 amide bonds. The zero-order valence-electron chi connectivity index (χ0n) is 13.9. The van der Waals surface area contributed by atoms with E-state index in [4.69, 9.17) is 4.74 Å².